The van der Waals surface area contributed by atoms with Crippen molar-refractivity contribution in [1.29, 1.82) is 0 Å². The van der Waals surface area contributed by atoms with Gasteiger partial charge in [0.25, 0.3) is 0 Å². The number of fused-ring (bicyclic) bond motifs is 1. The topological polar surface area (TPSA) is 65.2 Å². The van der Waals surface area contributed by atoms with Crippen molar-refractivity contribution in [1.82, 2.24) is 9.97 Å². The lowest BCUT2D eigenvalue weighted by Gasteiger charge is -2.03. The third-order valence-electron chi connectivity index (χ3n) is 2.80. The van der Waals surface area contributed by atoms with Crippen molar-refractivity contribution in [2.75, 3.05) is 0 Å². The van der Waals surface area contributed by atoms with E-state index in [0.29, 0.717) is 17.2 Å². The Morgan fingerprint density at radius 2 is 2.05 bits per heavy atom. The number of aromatic nitrogens is 2. The van der Waals surface area contributed by atoms with E-state index in [1.165, 1.54) is 0 Å². The summed E-state index contributed by atoms with van der Waals surface area (Å²) in [6.07, 6.45) is 3.49. The minimum atomic E-state index is -0.327. The average Bonchev–Trinajstić information content (AvgIpc) is 2.79. The van der Waals surface area contributed by atoms with Crippen LogP contribution in [0.15, 0.2) is 47.1 Å². The Bertz CT molecular complexity index is 750. The summed E-state index contributed by atoms with van der Waals surface area (Å²) in [6.45, 7) is 1.77. The lowest BCUT2D eigenvalue weighted by atomic mass is 10.2. The lowest BCUT2D eigenvalue weighted by Crippen LogP contribution is -2.11. The molecule has 20 heavy (non-hydrogen) atoms. The zero-order valence-corrected chi connectivity index (χ0v) is 10.9. The molecule has 0 aliphatic carbocycles. The number of hydrogen-bond acceptors (Lipinski definition) is 5. The number of benzene rings is 1. The van der Waals surface area contributed by atoms with E-state index in [1.807, 2.05) is 0 Å². The van der Waals surface area contributed by atoms with Crippen molar-refractivity contribution in [2.45, 2.75) is 13.3 Å². The van der Waals surface area contributed by atoms with Gasteiger partial charge < -0.3 is 9.15 Å². The Kier molecular flexibility index (Phi) is 3.16. The van der Waals surface area contributed by atoms with Crippen LogP contribution in [0.4, 0.5) is 0 Å². The monoisotopic (exact) mass is 268 g/mol. The third kappa shape index (κ3) is 2.66. The minimum absolute atomic E-state index is 0.204. The minimum Gasteiger partial charge on any atom is -0.441 e. The number of nitrogens with zero attached hydrogens (tertiary/aromatic N) is 2. The van der Waals surface area contributed by atoms with Crippen LogP contribution in [-0.2, 0) is 11.2 Å². The van der Waals surface area contributed by atoms with E-state index in [2.05, 4.69) is 9.97 Å². The molecule has 5 nitrogen and oxygen atoms in total. The van der Waals surface area contributed by atoms with Crippen molar-refractivity contribution in [3.8, 4) is 5.75 Å². The van der Waals surface area contributed by atoms with E-state index >= 15 is 0 Å². The van der Waals surface area contributed by atoms with Crippen LogP contribution in [0.1, 0.15) is 11.5 Å². The van der Waals surface area contributed by atoms with Gasteiger partial charge in [0.2, 0.25) is 0 Å². The van der Waals surface area contributed by atoms with Crippen LogP contribution in [0, 0.1) is 6.92 Å². The largest absolute Gasteiger partial charge is 0.441 e. The zero-order chi connectivity index (χ0) is 13.9. The van der Waals surface area contributed by atoms with Gasteiger partial charge in [-0.3, -0.25) is 9.78 Å². The number of ether oxygens (including phenoxy) is 1. The first kappa shape index (κ1) is 12.3. The van der Waals surface area contributed by atoms with E-state index < -0.39 is 0 Å². The van der Waals surface area contributed by atoms with E-state index in [1.54, 1.807) is 49.6 Å². The van der Waals surface area contributed by atoms with Gasteiger partial charge in [0.1, 0.15) is 11.3 Å². The summed E-state index contributed by atoms with van der Waals surface area (Å²) in [5, 5.41) is 0. The van der Waals surface area contributed by atoms with Gasteiger partial charge in [-0.1, -0.05) is 0 Å². The molecule has 0 N–H and O–H groups in total. The van der Waals surface area contributed by atoms with Crippen LogP contribution >= 0.6 is 0 Å². The second-order valence-corrected chi connectivity index (χ2v) is 4.37. The van der Waals surface area contributed by atoms with Gasteiger partial charge in [-0.2, -0.15) is 0 Å². The molecule has 0 saturated heterocycles. The number of pyridine rings is 1. The molecule has 0 atom stereocenters. The number of oxazole rings is 1. The van der Waals surface area contributed by atoms with Crippen LogP contribution in [-0.4, -0.2) is 15.9 Å². The van der Waals surface area contributed by atoms with Crippen molar-refractivity contribution >= 4 is 17.1 Å². The molecular formula is C15H12N2O3. The fourth-order valence-corrected chi connectivity index (χ4v) is 1.92. The molecule has 0 amide bonds. The first-order valence-electron chi connectivity index (χ1n) is 6.17. The molecule has 3 aromatic rings. The van der Waals surface area contributed by atoms with E-state index in [-0.39, 0.29) is 12.4 Å². The molecule has 0 bridgehead atoms. The molecule has 0 saturated carbocycles. The van der Waals surface area contributed by atoms with Gasteiger partial charge >= 0.3 is 5.97 Å². The second-order valence-electron chi connectivity index (χ2n) is 4.37. The molecule has 1 aromatic carbocycles. The summed E-state index contributed by atoms with van der Waals surface area (Å²) < 4.78 is 10.7. The maximum atomic E-state index is 11.8. The SMILES string of the molecule is Cc1nc2ccc(OC(=O)Cc3ccncc3)cc2o1. The Morgan fingerprint density at radius 3 is 2.85 bits per heavy atom. The van der Waals surface area contributed by atoms with Crippen LogP contribution in [0.25, 0.3) is 11.1 Å². The number of hydrogen-bond donors (Lipinski definition) is 0. The normalized spacial score (nSPS) is 10.7. The molecule has 0 aliphatic rings. The van der Waals surface area contributed by atoms with Gasteiger partial charge in [-0.05, 0) is 29.8 Å². The zero-order valence-electron chi connectivity index (χ0n) is 10.9. The first-order valence-corrected chi connectivity index (χ1v) is 6.17. The Balaban J connectivity index is 1.74. The Labute approximate surface area is 115 Å². The van der Waals surface area contributed by atoms with Gasteiger partial charge in [0, 0.05) is 25.4 Å². The molecule has 0 aliphatic heterocycles. The first-order chi connectivity index (χ1) is 9.70. The number of aryl methyl sites for hydroxylation is 1. The standard InChI is InChI=1S/C15H12N2O3/c1-10-17-13-3-2-12(9-14(13)19-10)20-15(18)8-11-4-6-16-7-5-11/h2-7,9H,8H2,1H3. The molecular weight excluding hydrogens is 256 g/mol. The van der Waals surface area contributed by atoms with Gasteiger partial charge in [-0.25, -0.2) is 4.98 Å². The molecule has 100 valence electrons. The molecule has 0 fully saturated rings. The van der Waals surface area contributed by atoms with Crippen molar-refractivity contribution in [3.63, 3.8) is 0 Å². The molecule has 0 unspecified atom stereocenters. The summed E-state index contributed by atoms with van der Waals surface area (Å²) in [6, 6.07) is 8.70. The van der Waals surface area contributed by atoms with Gasteiger partial charge in [0.05, 0.1) is 6.42 Å². The highest BCUT2D eigenvalue weighted by Crippen LogP contribution is 2.21. The molecule has 2 heterocycles. The maximum absolute atomic E-state index is 11.8. The number of carbonyl (C=O) groups excluding carboxylic acids is 1. The highest BCUT2D eigenvalue weighted by atomic mass is 16.5. The van der Waals surface area contributed by atoms with Crippen molar-refractivity contribution < 1.29 is 13.9 Å². The maximum Gasteiger partial charge on any atom is 0.315 e. The molecule has 5 heteroatoms. The molecule has 3 rings (SSSR count). The van der Waals surface area contributed by atoms with E-state index in [9.17, 15) is 4.79 Å². The van der Waals surface area contributed by atoms with Crippen LogP contribution in [0.3, 0.4) is 0 Å². The van der Waals surface area contributed by atoms with E-state index in [4.69, 9.17) is 9.15 Å². The molecule has 0 radical (unpaired) electrons. The second kappa shape index (κ2) is 5.13. The van der Waals surface area contributed by atoms with Gasteiger partial charge in [-0.15, -0.1) is 0 Å². The lowest BCUT2D eigenvalue weighted by molar-refractivity contribution is -0.133. The van der Waals surface area contributed by atoms with Crippen molar-refractivity contribution in [2.24, 2.45) is 0 Å². The number of carbonyl (C=O) groups is 1. The van der Waals surface area contributed by atoms with E-state index in [0.717, 1.165) is 11.1 Å². The average molecular weight is 268 g/mol. The predicted octanol–water partition coefficient (Wildman–Crippen LogP) is 2.68. The fourth-order valence-electron chi connectivity index (χ4n) is 1.92. The number of rotatable bonds is 3. The summed E-state index contributed by atoms with van der Waals surface area (Å²) >= 11 is 0. The highest BCUT2D eigenvalue weighted by Gasteiger charge is 2.09. The van der Waals surface area contributed by atoms with Gasteiger partial charge in [0.15, 0.2) is 11.5 Å². The highest BCUT2D eigenvalue weighted by molar-refractivity contribution is 5.78. The summed E-state index contributed by atoms with van der Waals surface area (Å²) in [4.78, 5) is 19.9. The van der Waals surface area contributed by atoms with Crippen molar-refractivity contribution in [3.05, 3.63) is 54.2 Å². The molecule has 2 aromatic heterocycles. The third-order valence-corrected chi connectivity index (χ3v) is 2.80. The van der Waals surface area contributed by atoms with Crippen LogP contribution in [0.2, 0.25) is 0 Å². The molecule has 0 spiro atoms. The quantitative estimate of drug-likeness (QED) is 0.539. The fraction of sp³-hybridized carbons (Fsp3) is 0.133. The summed E-state index contributed by atoms with van der Waals surface area (Å²) in [7, 11) is 0. The Morgan fingerprint density at radius 1 is 1.25 bits per heavy atom. The smallest absolute Gasteiger partial charge is 0.315 e. The summed E-state index contributed by atoms with van der Waals surface area (Å²) in [5.41, 5.74) is 2.22. The predicted molar refractivity (Wildman–Crippen MR) is 72.3 cm³/mol. The van der Waals surface area contributed by atoms with Crippen LogP contribution < -0.4 is 4.74 Å². The van der Waals surface area contributed by atoms with Crippen LogP contribution in [0.5, 0.6) is 5.75 Å². The summed E-state index contributed by atoms with van der Waals surface area (Å²) in [5.74, 6) is 0.708. The Hall–Kier alpha value is -2.69. The number of esters is 1.